The zero-order valence-electron chi connectivity index (χ0n) is 13.7. The van der Waals surface area contributed by atoms with Gasteiger partial charge in [0.2, 0.25) is 0 Å². The van der Waals surface area contributed by atoms with Crippen LogP contribution in [0.5, 0.6) is 0 Å². The molecule has 1 aromatic carbocycles. The number of benzene rings is 1. The van der Waals surface area contributed by atoms with Gasteiger partial charge in [-0.3, -0.25) is 14.0 Å². The second kappa shape index (κ2) is 5.79. The van der Waals surface area contributed by atoms with E-state index in [0.29, 0.717) is 12.1 Å². The van der Waals surface area contributed by atoms with Crippen molar-refractivity contribution < 1.29 is 4.79 Å². The number of ketones is 1. The maximum absolute atomic E-state index is 11.6. The monoisotopic (exact) mass is 309 g/mol. The molecule has 0 N–H and O–H groups in total. The van der Waals surface area contributed by atoms with Crippen molar-refractivity contribution in [3.05, 3.63) is 58.9 Å². The van der Waals surface area contributed by atoms with Crippen LogP contribution in [0.2, 0.25) is 0 Å². The summed E-state index contributed by atoms with van der Waals surface area (Å²) in [6, 6.07) is 7.46. The number of carbonyl (C=O) groups excluding carboxylic acids is 1. The third-order valence-electron chi connectivity index (χ3n) is 4.18. The minimum Gasteiger partial charge on any atom is -0.295 e. The standard InChI is InChI=1S/C17H19N5O/c1-11-12(2)20-22(13(11)3)9-17-19-18-10-21(17)16-7-5-6-15(8-16)14(4)23/h5-8,10H,9H2,1-4H3. The summed E-state index contributed by atoms with van der Waals surface area (Å²) in [5, 5.41) is 12.8. The predicted molar refractivity (Wildman–Crippen MR) is 86.9 cm³/mol. The van der Waals surface area contributed by atoms with Gasteiger partial charge >= 0.3 is 0 Å². The van der Waals surface area contributed by atoms with Gasteiger partial charge in [-0.15, -0.1) is 10.2 Å². The summed E-state index contributed by atoms with van der Waals surface area (Å²) < 4.78 is 3.82. The number of nitrogens with zero attached hydrogens (tertiary/aromatic N) is 5. The molecule has 6 heteroatoms. The van der Waals surface area contributed by atoms with Gasteiger partial charge in [-0.05, 0) is 45.4 Å². The number of carbonyl (C=O) groups is 1. The van der Waals surface area contributed by atoms with E-state index in [-0.39, 0.29) is 5.78 Å². The fourth-order valence-corrected chi connectivity index (χ4v) is 2.53. The van der Waals surface area contributed by atoms with Crippen LogP contribution in [0.1, 0.15) is 40.1 Å². The van der Waals surface area contributed by atoms with Gasteiger partial charge in [0.1, 0.15) is 12.9 Å². The van der Waals surface area contributed by atoms with E-state index in [1.807, 2.05) is 41.3 Å². The van der Waals surface area contributed by atoms with Crippen molar-refractivity contribution in [2.75, 3.05) is 0 Å². The lowest BCUT2D eigenvalue weighted by Crippen LogP contribution is -2.10. The second-order valence-electron chi connectivity index (χ2n) is 5.68. The highest BCUT2D eigenvalue weighted by atomic mass is 16.1. The summed E-state index contributed by atoms with van der Waals surface area (Å²) in [7, 11) is 0. The summed E-state index contributed by atoms with van der Waals surface area (Å²) in [5.74, 6) is 0.812. The maximum atomic E-state index is 11.6. The van der Waals surface area contributed by atoms with Gasteiger partial charge in [0.05, 0.1) is 5.69 Å². The van der Waals surface area contributed by atoms with Crippen LogP contribution in [0.25, 0.3) is 5.69 Å². The zero-order chi connectivity index (χ0) is 16.6. The molecule has 0 aliphatic carbocycles. The molecule has 0 amide bonds. The minimum atomic E-state index is 0.0376. The van der Waals surface area contributed by atoms with Crippen LogP contribution in [0.15, 0.2) is 30.6 Å². The van der Waals surface area contributed by atoms with Crippen molar-refractivity contribution >= 4 is 5.78 Å². The number of hydrogen-bond acceptors (Lipinski definition) is 4. The SMILES string of the molecule is CC(=O)c1cccc(-n2cnnc2Cn2nc(C)c(C)c2C)c1. The van der Waals surface area contributed by atoms with E-state index in [1.54, 1.807) is 19.3 Å². The van der Waals surface area contributed by atoms with Crippen LogP contribution in [0, 0.1) is 20.8 Å². The summed E-state index contributed by atoms with van der Waals surface area (Å²) in [4.78, 5) is 11.6. The lowest BCUT2D eigenvalue weighted by Gasteiger charge is -2.09. The Morgan fingerprint density at radius 1 is 1.22 bits per heavy atom. The van der Waals surface area contributed by atoms with Crippen LogP contribution in [-0.4, -0.2) is 30.3 Å². The molecule has 0 aliphatic heterocycles. The van der Waals surface area contributed by atoms with Crippen molar-refractivity contribution in [1.82, 2.24) is 24.5 Å². The van der Waals surface area contributed by atoms with Crippen molar-refractivity contribution in [2.24, 2.45) is 0 Å². The molecule has 2 heterocycles. The topological polar surface area (TPSA) is 65.6 Å². The molecular formula is C17H19N5O. The molecule has 0 saturated carbocycles. The molecule has 0 spiro atoms. The van der Waals surface area contributed by atoms with Crippen LogP contribution < -0.4 is 0 Å². The largest absolute Gasteiger partial charge is 0.295 e. The first-order valence-corrected chi connectivity index (χ1v) is 7.48. The first kappa shape index (κ1) is 15.1. The summed E-state index contributed by atoms with van der Waals surface area (Å²) in [5.41, 5.74) is 4.87. The van der Waals surface area contributed by atoms with Gasteiger partial charge in [0, 0.05) is 16.9 Å². The van der Waals surface area contributed by atoms with Gasteiger partial charge < -0.3 is 0 Å². The quantitative estimate of drug-likeness (QED) is 0.695. The molecule has 23 heavy (non-hydrogen) atoms. The van der Waals surface area contributed by atoms with E-state index < -0.39 is 0 Å². The number of Topliss-reactive ketones (excluding diaryl/α,β-unsaturated/α-hetero) is 1. The van der Waals surface area contributed by atoms with E-state index in [9.17, 15) is 4.79 Å². The average Bonchev–Trinajstić information content (AvgIpc) is 3.09. The van der Waals surface area contributed by atoms with Gasteiger partial charge in [-0.25, -0.2) is 0 Å². The maximum Gasteiger partial charge on any atom is 0.159 e. The number of hydrogen-bond donors (Lipinski definition) is 0. The highest BCUT2D eigenvalue weighted by Crippen LogP contribution is 2.16. The highest BCUT2D eigenvalue weighted by molar-refractivity contribution is 5.94. The van der Waals surface area contributed by atoms with Gasteiger partial charge in [0.15, 0.2) is 11.6 Å². The minimum absolute atomic E-state index is 0.0376. The highest BCUT2D eigenvalue weighted by Gasteiger charge is 2.13. The molecule has 3 rings (SSSR count). The molecule has 3 aromatic rings. The number of rotatable bonds is 4. The average molecular weight is 309 g/mol. The third-order valence-corrected chi connectivity index (χ3v) is 4.18. The fourth-order valence-electron chi connectivity index (χ4n) is 2.53. The van der Waals surface area contributed by atoms with Crippen molar-refractivity contribution in [1.29, 1.82) is 0 Å². The smallest absolute Gasteiger partial charge is 0.159 e. The lowest BCUT2D eigenvalue weighted by molar-refractivity contribution is 0.101. The van der Waals surface area contributed by atoms with Crippen molar-refractivity contribution in [3.8, 4) is 5.69 Å². The molecular weight excluding hydrogens is 290 g/mol. The number of aryl methyl sites for hydroxylation is 1. The summed E-state index contributed by atoms with van der Waals surface area (Å²) in [6.07, 6.45) is 1.66. The van der Waals surface area contributed by atoms with E-state index in [4.69, 9.17) is 0 Å². The normalized spacial score (nSPS) is 11.0. The van der Waals surface area contributed by atoms with Gasteiger partial charge in [0.25, 0.3) is 0 Å². The molecule has 0 aliphatic rings. The predicted octanol–water partition coefficient (Wildman–Crippen LogP) is 2.64. The lowest BCUT2D eigenvalue weighted by atomic mass is 10.1. The van der Waals surface area contributed by atoms with E-state index in [1.165, 1.54) is 5.56 Å². The molecule has 118 valence electrons. The Balaban J connectivity index is 1.98. The Morgan fingerprint density at radius 3 is 2.65 bits per heavy atom. The Labute approximate surface area is 134 Å². The third kappa shape index (κ3) is 2.79. The van der Waals surface area contributed by atoms with Crippen LogP contribution in [-0.2, 0) is 6.54 Å². The summed E-state index contributed by atoms with van der Waals surface area (Å²) in [6.45, 7) is 8.21. The Bertz CT molecular complexity index is 875. The van der Waals surface area contributed by atoms with E-state index in [0.717, 1.165) is 22.9 Å². The molecule has 2 aromatic heterocycles. The summed E-state index contributed by atoms with van der Waals surface area (Å²) >= 11 is 0. The van der Waals surface area contributed by atoms with Gasteiger partial charge in [-0.1, -0.05) is 12.1 Å². The van der Waals surface area contributed by atoms with Crippen LogP contribution in [0.3, 0.4) is 0 Å². The van der Waals surface area contributed by atoms with Crippen LogP contribution >= 0.6 is 0 Å². The van der Waals surface area contributed by atoms with E-state index in [2.05, 4.69) is 22.2 Å². The Hall–Kier alpha value is -2.76. The van der Waals surface area contributed by atoms with Crippen LogP contribution in [0.4, 0.5) is 0 Å². The second-order valence-corrected chi connectivity index (χ2v) is 5.68. The molecule has 0 atom stereocenters. The molecule has 0 saturated heterocycles. The molecule has 6 nitrogen and oxygen atoms in total. The zero-order valence-corrected chi connectivity index (χ0v) is 13.7. The van der Waals surface area contributed by atoms with E-state index >= 15 is 0 Å². The Morgan fingerprint density at radius 2 is 2.00 bits per heavy atom. The molecule has 0 radical (unpaired) electrons. The number of aromatic nitrogens is 5. The molecule has 0 fully saturated rings. The van der Waals surface area contributed by atoms with Gasteiger partial charge in [-0.2, -0.15) is 5.10 Å². The first-order valence-electron chi connectivity index (χ1n) is 7.48. The fraction of sp³-hybridized carbons (Fsp3) is 0.294. The van der Waals surface area contributed by atoms with Crippen molar-refractivity contribution in [3.63, 3.8) is 0 Å². The first-order chi connectivity index (χ1) is 11.0. The van der Waals surface area contributed by atoms with Crippen molar-refractivity contribution in [2.45, 2.75) is 34.2 Å². The molecule has 0 unspecified atom stereocenters. The molecule has 0 bridgehead atoms. The Kier molecular flexibility index (Phi) is 3.82.